The maximum atomic E-state index is 13.3. The largest absolute Gasteiger partial charge is 0.481 e. The van der Waals surface area contributed by atoms with Crippen molar-refractivity contribution < 1.29 is 23.5 Å². The molecule has 0 aromatic heterocycles. The van der Waals surface area contributed by atoms with Gasteiger partial charge >= 0.3 is 5.97 Å². The van der Waals surface area contributed by atoms with Gasteiger partial charge in [-0.3, -0.25) is 9.59 Å². The van der Waals surface area contributed by atoms with Crippen LogP contribution in [0.15, 0.2) is 18.2 Å². The number of carboxylic acid groups (broad SMARTS) is 1. The second-order valence-electron chi connectivity index (χ2n) is 4.44. The minimum Gasteiger partial charge on any atom is -0.481 e. The summed E-state index contributed by atoms with van der Waals surface area (Å²) in [5, 5.41) is 10.9. The molecule has 0 aliphatic rings. The van der Waals surface area contributed by atoms with Gasteiger partial charge < -0.3 is 10.4 Å². The normalized spacial score (nSPS) is 10.3. The molecule has 20 heavy (non-hydrogen) atoms. The van der Waals surface area contributed by atoms with Crippen LogP contribution in [0.4, 0.5) is 8.78 Å². The van der Waals surface area contributed by atoms with Crippen LogP contribution < -0.4 is 5.32 Å². The molecular formula is C14H17F2NO3. The van der Waals surface area contributed by atoms with Crippen LogP contribution in [0.2, 0.25) is 0 Å². The fourth-order valence-corrected chi connectivity index (χ4v) is 1.72. The van der Waals surface area contributed by atoms with Crippen LogP contribution in [0.5, 0.6) is 0 Å². The first-order valence-corrected chi connectivity index (χ1v) is 6.45. The Hall–Kier alpha value is -1.98. The summed E-state index contributed by atoms with van der Waals surface area (Å²) < 4.78 is 26.2. The summed E-state index contributed by atoms with van der Waals surface area (Å²) in [6.45, 7) is 0.349. The summed E-state index contributed by atoms with van der Waals surface area (Å²) in [5.41, 5.74) is -0.309. The van der Waals surface area contributed by atoms with Crippen LogP contribution >= 0.6 is 0 Å². The van der Waals surface area contributed by atoms with Crippen molar-refractivity contribution in [2.75, 3.05) is 6.54 Å². The second-order valence-corrected chi connectivity index (χ2v) is 4.44. The van der Waals surface area contributed by atoms with E-state index in [9.17, 15) is 18.4 Å². The lowest BCUT2D eigenvalue weighted by Crippen LogP contribution is -2.25. The highest BCUT2D eigenvalue weighted by molar-refractivity contribution is 5.94. The minimum absolute atomic E-state index is 0.140. The SMILES string of the molecule is O=C(O)CCCCCCNC(=O)c1cc(F)ccc1F. The third-order valence-corrected chi connectivity index (χ3v) is 2.78. The number of carbonyl (C=O) groups is 2. The standard InChI is InChI=1S/C14H17F2NO3/c15-10-6-7-12(16)11(9-10)14(20)17-8-4-2-1-3-5-13(18)19/h6-7,9H,1-5,8H2,(H,17,20)(H,18,19). The van der Waals surface area contributed by atoms with E-state index in [1.165, 1.54) is 0 Å². The zero-order valence-corrected chi connectivity index (χ0v) is 11.0. The van der Waals surface area contributed by atoms with Crippen molar-refractivity contribution in [3.8, 4) is 0 Å². The van der Waals surface area contributed by atoms with Crippen molar-refractivity contribution in [3.05, 3.63) is 35.4 Å². The number of hydrogen-bond donors (Lipinski definition) is 2. The van der Waals surface area contributed by atoms with Crippen molar-refractivity contribution in [2.45, 2.75) is 32.1 Å². The van der Waals surface area contributed by atoms with E-state index in [1.54, 1.807) is 0 Å². The van der Waals surface area contributed by atoms with E-state index in [1.807, 2.05) is 0 Å². The molecule has 0 saturated carbocycles. The van der Waals surface area contributed by atoms with E-state index >= 15 is 0 Å². The first-order chi connectivity index (χ1) is 9.50. The number of rotatable bonds is 8. The first-order valence-electron chi connectivity index (χ1n) is 6.45. The summed E-state index contributed by atoms with van der Waals surface area (Å²) in [6, 6.07) is 2.72. The fraction of sp³-hybridized carbons (Fsp3) is 0.429. The lowest BCUT2D eigenvalue weighted by molar-refractivity contribution is -0.137. The molecule has 1 aromatic rings. The molecular weight excluding hydrogens is 268 g/mol. The lowest BCUT2D eigenvalue weighted by atomic mass is 10.1. The van der Waals surface area contributed by atoms with Crippen LogP contribution in [0.1, 0.15) is 42.5 Å². The molecule has 110 valence electrons. The monoisotopic (exact) mass is 285 g/mol. The Morgan fingerprint density at radius 1 is 1.10 bits per heavy atom. The molecule has 0 saturated heterocycles. The van der Waals surface area contributed by atoms with Crippen LogP contribution in [0.3, 0.4) is 0 Å². The van der Waals surface area contributed by atoms with E-state index in [-0.39, 0.29) is 12.0 Å². The highest BCUT2D eigenvalue weighted by atomic mass is 19.1. The van der Waals surface area contributed by atoms with Crippen molar-refractivity contribution in [1.29, 1.82) is 0 Å². The number of nitrogens with one attached hydrogen (secondary N) is 1. The summed E-state index contributed by atoms with van der Waals surface area (Å²) in [7, 11) is 0. The molecule has 0 bridgehead atoms. The van der Waals surface area contributed by atoms with Crippen LogP contribution in [0.25, 0.3) is 0 Å². The van der Waals surface area contributed by atoms with Crippen molar-refractivity contribution >= 4 is 11.9 Å². The Morgan fingerprint density at radius 2 is 1.80 bits per heavy atom. The predicted octanol–water partition coefficient (Wildman–Crippen LogP) is 2.73. The van der Waals surface area contributed by atoms with Crippen molar-refractivity contribution in [1.82, 2.24) is 5.32 Å². The molecule has 0 radical (unpaired) electrons. The molecule has 1 rings (SSSR count). The molecule has 6 heteroatoms. The highest BCUT2D eigenvalue weighted by Crippen LogP contribution is 2.09. The van der Waals surface area contributed by atoms with Gasteiger partial charge in [-0.1, -0.05) is 12.8 Å². The highest BCUT2D eigenvalue weighted by Gasteiger charge is 2.11. The van der Waals surface area contributed by atoms with Gasteiger partial charge in [-0.15, -0.1) is 0 Å². The predicted molar refractivity (Wildman–Crippen MR) is 69.4 cm³/mol. The zero-order chi connectivity index (χ0) is 15.0. The maximum Gasteiger partial charge on any atom is 0.303 e. The van der Waals surface area contributed by atoms with Crippen molar-refractivity contribution in [2.24, 2.45) is 0 Å². The summed E-state index contributed by atoms with van der Waals surface area (Å²) in [4.78, 5) is 21.9. The number of carboxylic acids is 1. The zero-order valence-electron chi connectivity index (χ0n) is 11.0. The molecule has 0 atom stereocenters. The van der Waals surface area contributed by atoms with Crippen molar-refractivity contribution in [3.63, 3.8) is 0 Å². The number of hydrogen-bond acceptors (Lipinski definition) is 2. The van der Waals surface area contributed by atoms with Gasteiger partial charge in [-0.2, -0.15) is 0 Å². The molecule has 0 unspecified atom stereocenters. The molecule has 1 aromatic carbocycles. The van der Waals surface area contributed by atoms with Gasteiger partial charge in [0.15, 0.2) is 0 Å². The number of carbonyl (C=O) groups excluding carboxylic acids is 1. The van der Waals surface area contributed by atoms with Crippen LogP contribution in [-0.4, -0.2) is 23.5 Å². The van der Waals surface area contributed by atoms with Gasteiger partial charge in [0.25, 0.3) is 5.91 Å². The number of unbranched alkanes of at least 4 members (excludes halogenated alkanes) is 3. The van der Waals surface area contributed by atoms with E-state index < -0.39 is 23.5 Å². The quantitative estimate of drug-likeness (QED) is 0.722. The number of amides is 1. The average Bonchev–Trinajstić information content (AvgIpc) is 2.39. The number of halogens is 2. The molecule has 2 N–H and O–H groups in total. The third-order valence-electron chi connectivity index (χ3n) is 2.78. The molecule has 0 heterocycles. The van der Waals surface area contributed by atoms with Gasteiger partial charge in [0, 0.05) is 13.0 Å². The Bertz CT molecular complexity index is 477. The topological polar surface area (TPSA) is 66.4 Å². The Labute approximate surface area is 115 Å². The average molecular weight is 285 g/mol. The summed E-state index contributed by atoms with van der Waals surface area (Å²) in [5.74, 6) is -2.89. The Morgan fingerprint density at radius 3 is 2.50 bits per heavy atom. The Balaban J connectivity index is 2.23. The van der Waals surface area contributed by atoms with Crippen LogP contribution in [-0.2, 0) is 4.79 Å². The van der Waals surface area contributed by atoms with E-state index in [4.69, 9.17) is 5.11 Å². The summed E-state index contributed by atoms with van der Waals surface area (Å²) >= 11 is 0. The van der Waals surface area contributed by atoms with E-state index in [0.717, 1.165) is 31.0 Å². The Kier molecular flexibility index (Phi) is 6.63. The molecule has 0 spiro atoms. The van der Waals surface area contributed by atoms with Gasteiger partial charge in [-0.25, -0.2) is 8.78 Å². The second kappa shape index (κ2) is 8.24. The molecule has 1 amide bonds. The van der Waals surface area contributed by atoms with Gasteiger partial charge in [0.1, 0.15) is 11.6 Å². The minimum atomic E-state index is -0.820. The van der Waals surface area contributed by atoms with E-state index in [0.29, 0.717) is 19.4 Å². The molecule has 0 fully saturated rings. The number of benzene rings is 1. The fourth-order valence-electron chi connectivity index (χ4n) is 1.72. The number of aliphatic carboxylic acids is 1. The summed E-state index contributed by atoms with van der Waals surface area (Å²) in [6.07, 6.45) is 2.95. The van der Waals surface area contributed by atoms with Gasteiger partial charge in [-0.05, 0) is 31.0 Å². The molecule has 0 aliphatic carbocycles. The maximum absolute atomic E-state index is 13.3. The van der Waals surface area contributed by atoms with Crippen LogP contribution in [0, 0.1) is 11.6 Å². The van der Waals surface area contributed by atoms with Gasteiger partial charge in [0.2, 0.25) is 0 Å². The first kappa shape index (κ1) is 16.1. The molecule has 4 nitrogen and oxygen atoms in total. The van der Waals surface area contributed by atoms with E-state index in [2.05, 4.69) is 5.32 Å². The smallest absolute Gasteiger partial charge is 0.303 e. The lowest BCUT2D eigenvalue weighted by Gasteiger charge is -2.06. The molecule has 0 aliphatic heterocycles. The third kappa shape index (κ3) is 5.77. The van der Waals surface area contributed by atoms with Gasteiger partial charge in [0.05, 0.1) is 5.56 Å².